The second-order valence-electron chi connectivity index (χ2n) is 6.62. The SMILES string of the molecule is CCCC[CH2][Ti]([CH3])([CH2]CCCC)[O][Ti]([CH3])([CH2]C)[CH2]C. The summed E-state index contributed by atoms with van der Waals surface area (Å²) >= 11 is -3.87. The van der Waals surface area contributed by atoms with Crippen molar-refractivity contribution in [2.45, 2.75) is 95.6 Å². The first-order chi connectivity index (χ1) is 8.95. The Kier molecular flexibility index (Phi) is 11.8. The van der Waals surface area contributed by atoms with E-state index in [2.05, 4.69) is 38.2 Å². The molecule has 0 aliphatic heterocycles. The molecule has 1 nitrogen and oxygen atoms in total. The zero-order valence-electron chi connectivity index (χ0n) is 14.5. The number of hydrogen-bond acceptors (Lipinski definition) is 1. The zero-order valence-corrected chi connectivity index (χ0v) is 17.6. The fourth-order valence-corrected chi connectivity index (χ4v) is 20.5. The van der Waals surface area contributed by atoms with E-state index in [0.29, 0.717) is 0 Å². The molecule has 19 heavy (non-hydrogen) atoms. The summed E-state index contributed by atoms with van der Waals surface area (Å²) in [6.07, 6.45) is 8.33. The fraction of sp³-hybridized carbons (Fsp3) is 1.00. The summed E-state index contributed by atoms with van der Waals surface area (Å²) in [4.78, 5) is 0. The van der Waals surface area contributed by atoms with Crippen LogP contribution in [-0.2, 0) is 35.9 Å². The molecular formula is C16H38OTi2. The molecule has 0 amide bonds. The normalized spacial score (nSPS) is 12.9. The second kappa shape index (κ2) is 11.0. The number of rotatable bonds is 12. The molecule has 3 heteroatoms. The molecule has 0 atom stereocenters. The van der Waals surface area contributed by atoms with Crippen molar-refractivity contribution in [1.82, 2.24) is 0 Å². The van der Waals surface area contributed by atoms with Gasteiger partial charge in [0, 0.05) is 0 Å². The van der Waals surface area contributed by atoms with E-state index in [1.54, 1.807) is 0 Å². The third-order valence-corrected chi connectivity index (χ3v) is 21.6. The summed E-state index contributed by atoms with van der Waals surface area (Å²) in [5.41, 5.74) is 0. The van der Waals surface area contributed by atoms with Crippen LogP contribution >= 0.6 is 0 Å². The molecule has 0 saturated heterocycles. The molecule has 0 N–H and O–H groups in total. The van der Waals surface area contributed by atoms with Gasteiger partial charge in [-0.25, -0.2) is 0 Å². The molecule has 0 aromatic rings. The fourth-order valence-electron chi connectivity index (χ4n) is 2.71. The summed E-state index contributed by atoms with van der Waals surface area (Å²) in [6, 6.07) is 0. The van der Waals surface area contributed by atoms with Crippen molar-refractivity contribution in [3.8, 4) is 0 Å². The van der Waals surface area contributed by atoms with Crippen molar-refractivity contribution in [3.05, 3.63) is 0 Å². The Hall–Kier alpha value is 1.39. The molecule has 0 aliphatic rings. The van der Waals surface area contributed by atoms with Crippen LogP contribution in [0.25, 0.3) is 0 Å². The molecule has 116 valence electrons. The Labute approximate surface area is 130 Å². The average molecular weight is 342 g/mol. The van der Waals surface area contributed by atoms with E-state index >= 15 is 0 Å². The molecule has 0 aromatic heterocycles. The number of unbranched alkanes of at least 4 members (excludes halogenated alkanes) is 4. The predicted molar refractivity (Wildman–Crippen MR) is 82.4 cm³/mol. The van der Waals surface area contributed by atoms with Gasteiger partial charge in [-0.1, -0.05) is 0 Å². The Balaban J connectivity index is 4.53. The molecule has 0 rings (SSSR count). The van der Waals surface area contributed by atoms with Gasteiger partial charge in [0.25, 0.3) is 0 Å². The van der Waals surface area contributed by atoms with Crippen LogP contribution in [-0.4, -0.2) is 0 Å². The Morgan fingerprint density at radius 2 is 1.05 bits per heavy atom. The minimum atomic E-state index is -1.97. The molecule has 0 saturated carbocycles. The van der Waals surface area contributed by atoms with E-state index in [4.69, 9.17) is 1.90 Å². The van der Waals surface area contributed by atoms with Gasteiger partial charge in [0.15, 0.2) is 0 Å². The molecule has 0 unspecified atom stereocenters. The van der Waals surface area contributed by atoms with Crippen molar-refractivity contribution >= 4 is 0 Å². The van der Waals surface area contributed by atoms with E-state index in [-0.39, 0.29) is 0 Å². The van der Waals surface area contributed by atoms with Crippen molar-refractivity contribution in [2.24, 2.45) is 0 Å². The van der Waals surface area contributed by atoms with Crippen LogP contribution in [0.3, 0.4) is 0 Å². The molecule has 0 heterocycles. The third kappa shape index (κ3) is 9.09. The van der Waals surface area contributed by atoms with Crippen LogP contribution in [0.1, 0.15) is 66.2 Å². The van der Waals surface area contributed by atoms with E-state index in [1.165, 1.54) is 57.4 Å². The molecular weight excluding hydrogens is 304 g/mol. The third-order valence-electron chi connectivity index (χ3n) is 4.61. The summed E-state index contributed by atoms with van der Waals surface area (Å²) < 4.78 is 12.6. The van der Waals surface area contributed by atoms with Gasteiger partial charge in [0.1, 0.15) is 0 Å². The predicted octanol–water partition coefficient (Wildman–Crippen LogP) is 7.33. The molecule has 0 spiro atoms. The van der Waals surface area contributed by atoms with Gasteiger partial charge >= 0.3 is 131 Å². The van der Waals surface area contributed by atoms with E-state index in [0.717, 1.165) is 0 Å². The first-order valence-electron chi connectivity index (χ1n) is 8.65. The molecule has 0 radical (unpaired) electrons. The molecule has 0 aromatic carbocycles. The molecule has 0 fully saturated rings. The van der Waals surface area contributed by atoms with Gasteiger partial charge in [0.05, 0.1) is 0 Å². The Morgan fingerprint density at radius 1 is 0.632 bits per heavy atom. The van der Waals surface area contributed by atoms with Crippen LogP contribution in [0.5, 0.6) is 0 Å². The Morgan fingerprint density at radius 3 is 1.37 bits per heavy atom. The summed E-state index contributed by atoms with van der Waals surface area (Å²) in [5, 5.41) is 5.10. The summed E-state index contributed by atoms with van der Waals surface area (Å²) in [7, 11) is 0. The maximum absolute atomic E-state index is 6.99. The first-order valence-corrected chi connectivity index (χ1v) is 17.5. The molecule has 0 bridgehead atoms. The van der Waals surface area contributed by atoms with Gasteiger partial charge in [-0.05, 0) is 0 Å². The second-order valence-corrected chi connectivity index (χ2v) is 21.1. The van der Waals surface area contributed by atoms with Crippen LogP contribution in [0.4, 0.5) is 0 Å². The zero-order chi connectivity index (χ0) is 14.8. The van der Waals surface area contributed by atoms with Gasteiger partial charge < -0.3 is 0 Å². The monoisotopic (exact) mass is 342 g/mol. The van der Waals surface area contributed by atoms with Crippen LogP contribution in [0.15, 0.2) is 0 Å². The van der Waals surface area contributed by atoms with Gasteiger partial charge in [0.2, 0.25) is 0 Å². The maximum atomic E-state index is 6.99. The van der Waals surface area contributed by atoms with Crippen molar-refractivity contribution in [2.75, 3.05) is 0 Å². The van der Waals surface area contributed by atoms with Crippen LogP contribution in [0.2, 0.25) is 29.4 Å². The average Bonchev–Trinajstić information content (AvgIpc) is 2.39. The van der Waals surface area contributed by atoms with Crippen molar-refractivity contribution < 1.29 is 35.9 Å². The summed E-state index contributed by atoms with van der Waals surface area (Å²) in [6.45, 7) is 9.35. The van der Waals surface area contributed by atoms with E-state index < -0.39 is 34.0 Å². The van der Waals surface area contributed by atoms with Gasteiger partial charge in [-0.3, -0.25) is 0 Å². The Bertz CT molecular complexity index is 205. The topological polar surface area (TPSA) is 9.23 Å². The van der Waals surface area contributed by atoms with Crippen LogP contribution in [0, 0.1) is 0 Å². The number of hydrogen-bond donors (Lipinski definition) is 0. The summed E-state index contributed by atoms with van der Waals surface area (Å²) in [5.74, 6) is 0. The van der Waals surface area contributed by atoms with Gasteiger partial charge in [-0.15, -0.1) is 0 Å². The van der Waals surface area contributed by atoms with Crippen LogP contribution < -0.4 is 0 Å². The quantitative estimate of drug-likeness (QED) is 0.266. The van der Waals surface area contributed by atoms with E-state index in [1.807, 2.05) is 0 Å². The minimum absolute atomic E-state index is 1.34. The van der Waals surface area contributed by atoms with E-state index in [9.17, 15) is 0 Å². The van der Waals surface area contributed by atoms with Crippen molar-refractivity contribution in [1.29, 1.82) is 0 Å². The van der Waals surface area contributed by atoms with Gasteiger partial charge in [-0.2, -0.15) is 0 Å². The standard InChI is InChI=1S/2C5H11.2C2H5.2CH3.O.2Ti/c2*1-3-5-4-2;2*1-2;;;;;/h2*1,3-5H2,2H3;2*1H2,2H3;2*1H3;;;. The first kappa shape index (κ1) is 20.4. The molecule has 0 aliphatic carbocycles. The van der Waals surface area contributed by atoms with Crippen molar-refractivity contribution in [3.63, 3.8) is 0 Å².